The van der Waals surface area contributed by atoms with Crippen molar-refractivity contribution in [2.75, 3.05) is 26.4 Å². The molecule has 3 aliphatic carbocycles. The summed E-state index contributed by atoms with van der Waals surface area (Å²) in [6, 6.07) is 1.36. The molecule has 0 amide bonds. The summed E-state index contributed by atoms with van der Waals surface area (Å²) in [7, 11) is 0. The molecule has 4 bridgehead atoms. The Bertz CT molecular complexity index is 1250. The highest BCUT2D eigenvalue weighted by Gasteiger charge is 2.79. The molecule has 1 aromatic rings. The lowest BCUT2D eigenvalue weighted by atomic mass is 9.49. The Kier molecular flexibility index (Phi) is 6.33. The number of aliphatic hydroxyl groups is 1. The first-order chi connectivity index (χ1) is 17.6. The van der Waals surface area contributed by atoms with Crippen molar-refractivity contribution < 1.29 is 39.1 Å². The molecule has 1 saturated heterocycles. The van der Waals surface area contributed by atoms with Gasteiger partial charge in [0.15, 0.2) is 22.8 Å². The predicted octanol–water partition coefficient (Wildman–Crippen LogP) is 3.43. The fourth-order valence-electron chi connectivity index (χ4n) is 6.48. The average molecular weight is 511 g/mol. The number of benzene rings is 1. The highest BCUT2D eigenvalue weighted by atomic mass is 16.6. The molecule has 2 fully saturated rings. The van der Waals surface area contributed by atoms with E-state index in [1.54, 1.807) is 6.08 Å². The maximum absolute atomic E-state index is 14.1. The van der Waals surface area contributed by atoms with E-state index in [1.807, 2.05) is 39.8 Å². The van der Waals surface area contributed by atoms with E-state index < -0.39 is 22.9 Å². The van der Waals surface area contributed by atoms with Gasteiger partial charge in [-0.25, -0.2) is 0 Å². The van der Waals surface area contributed by atoms with Crippen LogP contribution in [0.4, 0.5) is 0 Å². The number of carbonyl (C=O) groups is 2. The molecular weight excluding hydrogens is 476 g/mol. The van der Waals surface area contributed by atoms with Gasteiger partial charge in [0, 0.05) is 41.4 Å². The van der Waals surface area contributed by atoms with E-state index in [0.29, 0.717) is 5.57 Å². The Balaban J connectivity index is 1.69. The summed E-state index contributed by atoms with van der Waals surface area (Å²) in [4.78, 5) is 28.1. The SMILES string of the molecule is CC(C)=CCc1c(O)cc2c(c1O)C(=O)C1=C[C@H]3C(=O)C4(CC=C(C)C)OC[C@H]([C@H]3COCCO)[C@]14O2. The molecule has 1 spiro atoms. The number of carbonyl (C=O) groups excluding carboxylic acids is 2. The van der Waals surface area contributed by atoms with E-state index >= 15 is 0 Å². The first-order valence-corrected chi connectivity index (χ1v) is 12.8. The Morgan fingerprint density at radius 2 is 1.89 bits per heavy atom. The van der Waals surface area contributed by atoms with Crippen LogP contribution >= 0.6 is 0 Å². The van der Waals surface area contributed by atoms with Gasteiger partial charge in [-0.1, -0.05) is 29.4 Å². The number of fused-ring (bicyclic) bond motifs is 1. The fourth-order valence-corrected chi connectivity index (χ4v) is 6.48. The van der Waals surface area contributed by atoms with Crippen molar-refractivity contribution in [2.24, 2.45) is 17.8 Å². The number of Topliss-reactive ketones (excluding diaryl/α,β-unsaturated/α-hetero) is 2. The molecule has 0 radical (unpaired) electrons. The minimum Gasteiger partial charge on any atom is -0.507 e. The smallest absolute Gasteiger partial charge is 0.200 e. The lowest BCUT2D eigenvalue weighted by molar-refractivity contribution is -0.172. The number of hydrogen-bond acceptors (Lipinski definition) is 8. The van der Waals surface area contributed by atoms with Crippen LogP contribution in [-0.4, -0.2) is 64.5 Å². The van der Waals surface area contributed by atoms with Crippen molar-refractivity contribution in [3.8, 4) is 17.2 Å². The van der Waals surface area contributed by atoms with Crippen molar-refractivity contribution >= 4 is 11.6 Å². The summed E-state index contributed by atoms with van der Waals surface area (Å²) in [6.07, 6.45) is 5.95. The molecule has 37 heavy (non-hydrogen) atoms. The van der Waals surface area contributed by atoms with Gasteiger partial charge in [0.05, 0.1) is 26.4 Å². The van der Waals surface area contributed by atoms with E-state index in [1.165, 1.54) is 6.07 Å². The average Bonchev–Trinajstić information content (AvgIpc) is 3.11. The standard InChI is InChI=1S/C29H34O8/c1-15(2)5-6-17-22(31)12-23-24(25(17)32)26(33)20-11-18-19(13-35-10-9-30)21-14-36-28(27(18)34,8-7-16(3)4)29(20,21)37-23/h5,7,11-12,18-19,21,30-32H,6,8-10,13-14H2,1-4H3/t18-,19+,21-,28?,29-/m1/s1. The molecule has 8 heteroatoms. The highest BCUT2D eigenvalue weighted by Crippen LogP contribution is 2.65. The molecule has 5 aliphatic rings. The summed E-state index contributed by atoms with van der Waals surface area (Å²) >= 11 is 0. The van der Waals surface area contributed by atoms with Crippen molar-refractivity contribution in [3.63, 3.8) is 0 Å². The molecule has 1 aromatic carbocycles. The molecule has 3 N–H and O–H groups in total. The number of aliphatic hydroxyl groups excluding tert-OH is 1. The quantitative estimate of drug-likeness (QED) is 0.359. The second kappa shape index (κ2) is 9.11. The van der Waals surface area contributed by atoms with Crippen LogP contribution in [0.3, 0.4) is 0 Å². The highest BCUT2D eigenvalue weighted by molar-refractivity contribution is 6.18. The molecule has 198 valence electrons. The Hall–Kier alpha value is -2.94. The normalized spacial score (nSPS) is 30.8. The second-order valence-corrected chi connectivity index (χ2v) is 10.9. The maximum Gasteiger partial charge on any atom is 0.200 e. The molecular formula is C29H34O8. The van der Waals surface area contributed by atoms with Crippen LogP contribution in [0.5, 0.6) is 17.2 Å². The van der Waals surface area contributed by atoms with Gasteiger partial charge < -0.3 is 29.5 Å². The lowest BCUT2D eigenvalue weighted by Gasteiger charge is -2.58. The number of aromatic hydroxyl groups is 2. The molecule has 6 rings (SSSR count). The zero-order valence-electron chi connectivity index (χ0n) is 21.7. The molecule has 1 unspecified atom stereocenters. The van der Waals surface area contributed by atoms with E-state index in [9.17, 15) is 24.9 Å². The van der Waals surface area contributed by atoms with E-state index in [4.69, 9.17) is 14.2 Å². The molecule has 1 saturated carbocycles. The Morgan fingerprint density at radius 3 is 2.57 bits per heavy atom. The fraction of sp³-hybridized carbons (Fsp3) is 0.517. The summed E-state index contributed by atoms with van der Waals surface area (Å²) in [5, 5.41) is 31.1. The summed E-state index contributed by atoms with van der Waals surface area (Å²) in [6.45, 7) is 8.08. The maximum atomic E-state index is 14.1. The van der Waals surface area contributed by atoms with E-state index in [-0.39, 0.29) is 85.3 Å². The number of allylic oxidation sites excluding steroid dienone is 4. The van der Waals surface area contributed by atoms with Crippen LogP contribution in [-0.2, 0) is 20.7 Å². The number of ether oxygens (including phenoxy) is 3. The van der Waals surface area contributed by atoms with Gasteiger partial charge in [0.25, 0.3) is 0 Å². The number of phenolic OH excluding ortho intramolecular Hbond substituents is 2. The molecule has 5 atom stereocenters. The molecule has 0 aromatic heterocycles. The number of ketones is 2. The number of rotatable bonds is 8. The van der Waals surface area contributed by atoms with Crippen LogP contribution in [0.25, 0.3) is 0 Å². The first kappa shape index (κ1) is 25.7. The van der Waals surface area contributed by atoms with Gasteiger partial charge in [-0.3, -0.25) is 9.59 Å². The third-order valence-electron chi connectivity index (χ3n) is 8.20. The monoisotopic (exact) mass is 510 g/mol. The van der Waals surface area contributed by atoms with E-state index in [0.717, 1.165) is 11.1 Å². The summed E-state index contributed by atoms with van der Waals surface area (Å²) in [5.41, 5.74) is -0.244. The van der Waals surface area contributed by atoms with Crippen LogP contribution in [0, 0.1) is 17.8 Å². The largest absolute Gasteiger partial charge is 0.507 e. The Labute approximate surface area is 216 Å². The lowest BCUT2D eigenvalue weighted by Crippen LogP contribution is -2.74. The molecule has 2 aliphatic heterocycles. The summed E-state index contributed by atoms with van der Waals surface area (Å²) < 4.78 is 18.6. The van der Waals surface area contributed by atoms with Crippen LogP contribution < -0.4 is 4.74 Å². The van der Waals surface area contributed by atoms with Crippen molar-refractivity contribution in [3.05, 3.63) is 52.1 Å². The first-order valence-electron chi connectivity index (χ1n) is 12.8. The topological polar surface area (TPSA) is 123 Å². The van der Waals surface area contributed by atoms with E-state index in [2.05, 4.69) is 0 Å². The van der Waals surface area contributed by atoms with Gasteiger partial charge in [0.2, 0.25) is 0 Å². The molecule has 2 heterocycles. The van der Waals surface area contributed by atoms with Crippen molar-refractivity contribution in [1.82, 2.24) is 0 Å². The van der Waals surface area contributed by atoms with Gasteiger partial charge in [-0.15, -0.1) is 0 Å². The minimum absolute atomic E-state index is 0.00308. The minimum atomic E-state index is -1.41. The van der Waals surface area contributed by atoms with Gasteiger partial charge in [-0.05, 0) is 34.1 Å². The summed E-state index contributed by atoms with van der Waals surface area (Å²) in [5.74, 6) is -2.33. The zero-order valence-corrected chi connectivity index (χ0v) is 21.7. The van der Waals surface area contributed by atoms with Crippen molar-refractivity contribution in [1.29, 1.82) is 0 Å². The zero-order chi connectivity index (χ0) is 26.7. The predicted molar refractivity (Wildman–Crippen MR) is 135 cm³/mol. The number of hydrogen-bond donors (Lipinski definition) is 3. The van der Waals surface area contributed by atoms with Gasteiger partial charge in [0.1, 0.15) is 22.8 Å². The van der Waals surface area contributed by atoms with Crippen molar-refractivity contribution in [2.45, 2.75) is 51.7 Å². The number of phenols is 2. The third-order valence-corrected chi connectivity index (χ3v) is 8.20. The van der Waals surface area contributed by atoms with Gasteiger partial charge in [-0.2, -0.15) is 0 Å². The van der Waals surface area contributed by atoms with Crippen LogP contribution in [0.15, 0.2) is 41.0 Å². The third kappa shape index (κ3) is 3.53. The van der Waals surface area contributed by atoms with Crippen LogP contribution in [0.2, 0.25) is 0 Å². The van der Waals surface area contributed by atoms with Gasteiger partial charge >= 0.3 is 0 Å². The second-order valence-electron chi connectivity index (χ2n) is 10.9. The Morgan fingerprint density at radius 1 is 1.16 bits per heavy atom. The van der Waals surface area contributed by atoms with Crippen LogP contribution in [0.1, 0.15) is 50.0 Å². The molecule has 8 nitrogen and oxygen atoms in total.